The highest BCUT2D eigenvalue weighted by molar-refractivity contribution is 7.99. The number of methoxy groups -OCH3 is 1. The number of aromatic nitrogens is 1. The van der Waals surface area contributed by atoms with Crippen molar-refractivity contribution in [3.63, 3.8) is 0 Å². The number of aliphatic hydroxyl groups excluding tert-OH is 3. The monoisotopic (exact) mass is 1870 g/mol. The maximum absolute atomic E-state index is 11.7. The lowest BCUT2D eigenvalue weighted by atomic mass is 10.2. The fourth-order valence-corrected chi connectivity index (χ4v) is 8.20. The van der Waals surface area contributed by atoms with Crippen LogP contribution in [0.3, 0.4) is 0 Å². The number of rotatable bonds is 31. The number of amides is 10. The summed E-state index contributed by atoms with van der Waals surface area (Å²) in [5, 5.41) is 39.7. The van der Waals surface area contributed by atoms with Crippen molar-refractivity contribution in [1.82, 2.24) is 61.2 Å². The number of ether oxygens (including phenoxy) is 9. The number of piperazine rings is 1. The van der Waals surface area contributed by atoms with Gasteiger partial charge < -0.3 is 121 Å². The van der Waals surface area contributed by atoms with Crippen LogP contribution < -0.4 is 49.9 Å². The van der Waals surface area contributed by atoms with E-state index in [-0.39, 0.29) is 92.5 Å². The second kappa shape index (κ2) is 121. The fourth-order valence-electron chi connectivity index (χ4n) is 6.46. The first-order valence-electron chi connectivity index (χ1n) is 41.8. The summed E-state index contributed by atoms with van der Waals surface area (Å²) in [6, 6.07) is 4.04. The number of esters is 2. The Morgan fingerprint density at radius 2 is 1.06 bits per heavy atom. The molecule has 41 nitrogen and oxygen atoms in total. The van der Waals surface area contributed by atoms with E-state index in [4.69, 9.17) is 46.2 Å². The first-order valence-corrected chi connectivity index (χ1v) is 45.1. The van der Waals surface area contributed by atoms with Crippen molar-refractivity contribution >= 4 is 107 Å². The zero-order valence-electron chi connectivity index (χ0n) is 81.3. The van der Waals surface area contributed by atoms with Gasteiger partial charge >= 0.3 is 36.3 Å². The van der Waals surface area contributed by atoms with E-state index in [9.17, 15) is 57.5 Å². The van der Waals surface area contributed by atoms with Crippen molar-refractivity contribution in [1.29, 1.82) is 0 Å². The number of hydrogen-bond acceptors (Lipinski definition) is 34. The second-order valence-corrected chi connectivity index (χ2v) is 28.9. The summed E-state index contributed by atoms with van der Waals surface area (Å²) >= 11 is 5.62. The van der Waals surface area contributed by atoms with Gasteiger partial charge in [0, 0.05) is 190 Å². The zero-order chi connectivity index (χ0) is 99.5. The van der Waals surface area contributed by atoms with Crippen molar-refractivity contribution < 1.29 is 121 Å². The lowest BCUT2D eigenvalue weighted by molar-refractivity contribution is -0.142. The van der Waals surface area contributed by atoms with E-state index in [0.29, 0.717) is 92.1 Å². The number of unbranched alkanes of at least 4 members (excludes halogenated alkanes) is 1. The molecule has 0 spiro atoms. The largest absolute Gasteiger partial charge is 0.465 e. The van der Waals surface area contributed by atoms with Gasteiger partial charge in [0.25, 0.3) is 0 Å². The maximum atomic E-state index is 11.7. The summed E-state index contributed by atoms with van der Waals surface area (Å²) < 4.78 is 41.3. The van der Waals surface area contributed by atoms with Gasteiger partial charge in [0.05, 0.1) is 66.0 Å². The van der Waals surface area contributed by atoms with Crippen LogP contribution in [0.25, 0.3) is 0 Å². The van der Waals surface area contributed by atoms with E-state index in [1.165, 1.54) is 87.0 Å². The van der Waals surface area contributed by atoms with Gasteiger partial charge in [-0.15, -0.1) is 11.8 Å². The molecule has 2 aliphatic heterocycles. The number of carbonyl (C=O) groups is 12. The molecular weight excluding hydrogens is 1690 g/mol. The van der Waals surface area contributed by atoms with Crippen molar-refractivity contribution in [2.24, 2.45) is 23.0 Å². The Kier molecular flexibility index (Phi) is 141. The molecule has 17 N–H and O–H groups in total. The third-order valence-corrected chi connectivity index (χ3v) is 15.4. The van der Waals surface area contributed by atoms with Crippen molar-refractivity contribution in [2.45, 2.75) is 189 Å². The minimum atomic E-state index is -0.817. The van der Waals surface area contributed by atoms with E-state index in [0.717, 1.165) is 63.1 Å². The predicted octanol–water partition coefficient (Wildman–Crippen LogP) is 6.02. The van der Waals surface area contributed by atoms with Gasteiger partial charge in [-0.25, -0.2) is 30.5 Å². The van der Waals surface area contributed by atoms with E-state index in [1.807, 2.05) is 99.9 Å². The topological polar surface area (TPSA) is 565 Å². The molecule has 0 saturated carbocycles. The lowest BCUT2D eigenvalue weighted by Gasteiger charge is -2.31. The molecule has 0 aromatic carbocycles. The van der Waals surface area contributed by atoms with Crippen molar-refractivity contribution in [3.8, 4) is 0 Å². The van der Waals surface area contributed by atoms with Crippen LogP contribution in [0.5, 0.6) is 0 Å². The average molecular weight is 1870 g/mol. The Hall–Kier alpha value is -7.44. The van der Waals surface area contributed by atoms with Gasteiger partial charge in [0.15, 0.2) is 0 Å². The summed E-state index contributed by atoms with van der Waals surface area (Å²) in [6.07, 6.45) is 4.66. The van der Waals surface area contributed by atoms with E-state index in [1.54, 1.807) is 84.3 Å². The highest BCUT2D eigenvalue weighted by Crippen LogP contribution is 2.14. The number of nitrogens with two attached hydrogens (primary N) is 4. The Labute approximate surface area is 763 Å². The SMILES string of the molecule is CC(=O)N1CCN(C)CC1.CC(=O)N1CCOCC1.CC(=O)NCCO.CC(=O)NN.CC(=O)OCCO.CCC(=O)NCCN.CCCC.CCN(CCNC(C)=O)C(=O)OC(C)(C)C.CCOC(=O)CN.CCOC(=O)N(C)C.CCOC(=O)NO.CCOC(N)=O.CCOCOC.CCSCCN(CC)CC.CCSCCO.CCSc1ccncc1. The van der Waals surface area contributed by atoms with Crippen LogP contribution in [0.4, 0.5) is 19.2 Å². The van der Waals surface area contributed by atoms with Gasteiger partial charge in [0.2, 0.25) is 35.4 Å². The quantitative estimate of drug-likeness (QED) is 0.00465. The molecule has 0 aliphatic carbocycles. The van der Waals surface area contributed by atoms with E-state index in [2.05, 4.69) is 126 Å². The smallest absolute Gasteiger partial charge is 0.431 e. The van der Waals surface area contributed by atoms with Gasteiger partial charge in [-0.2, -0.15) is 23.5 Å². The minimum Gasteiger partial charge on any atom is -0.465 e. The van der Waals surface area contributed by atoms with Gasteiger partial charge in [-0.3, -0.25) is 54.0 Å². The molecule has 1 aromatic rings. The molecule has 2 aliphatic rings. The molecule has 10 amide bonds. The molecule has 0 atom stereocenters. The standard InChI is InChI=1S/C11H22N2O3.C8H19NS.C7H14N2O.C7H9NS.C6H11NO2.C5H12N2O.C5H11NO2.2C4H9NO2.C4H8O3.C4H10O2.C4H10OS.C4H10.C3H7NO3.C3H7NO2.C2H6N2O/c1-6-13(8-7-12-9(2)14)10(15)16-11(3,4)5;1-4-9(5-2)7-8-10-6-3;1-7(10)9-5-3-8(2)4-6-9;1-2-9-7-3-5-8-6-4-7;1-6(8)7-2-4-9-5-3-7;1-2-5(8)7-4-3-6;1-4-8-5(7)6(2)3;1-4(7)5-2-3-6;1-2-7-4(6)3-5;1-4(6)7-3-2-5;1-3-6-4-5-2;1-2-6-4-3-5;1-3-4-2;1-2-7-3(5)4-6;1-2-6-3(4)5;1-2(5)4-3/h6-8H2,1-5H3,(H,12,14);4-8H2,1-3H3;3-6H2,1-2H3;3-6H,2H2,1H3;2-5H2,1H3;2-4,6H2,1H3,(H,7,8);4H2,1-3H3;6H,2-3H2,1H3,(H,5,7);2-3,5H2,1H3;5H,2-3H2,1H3;3-4H2,1-2H3;5H,2-4H2,1H3;3-4H2,1-2H3;6H,2H2,1H3,(H,4,5);2H2,1H3,(H2,4,5);3H2,1H3,(H,4,5). The average Bonchev–Trinajstić information content (AvgIpc) is 0.910. The minimum absolute atomic E-state index is 0.0135. The number of carbonyl (C=O) groups excluding carboxylic acids is 12. The molecule has 2 saturated heterocycles. The van der Waals surface area contributed by atoms with Crippen LogP contribution in [0.2, 0.25) is 0 Å². The second-order valence-electron chi connectivity index (χ2n) is 24.8. The number of pyridine rings is 1. The van der Waals surface area contributed by atoms with E-state index >= 15 is 0 Å². The number of hydrogen-bond donors (Lipinski definition) is 13. The molecule has 44 heteroatoms. The summed E-state index contributed by atoms with van der Waals surface area (Å²) in [5.74, 6) is 9.54. The van der Waals surface area contributed by atoms with Gasteiger partial charge in [0.1, 0.15) is 19.0 Å². The Morgan fingerprint density at radius 1 is 0.576 bits per heavy atom. The Morgan fingerprint density at radius 3 is 1.31 bits per heavy atom. The highest BCUT2D eigenvalue weighted by Gasteiger charge is 2.21. The van der Waals surface area contributed by atoms with Crippen LogP contribution in [0, 0.1) is 0 Å². The molecular formula is C81H174N16O25S3. The maximum Gasteiger partial charge on any atom is 0.431 e. The molecule has 2 fully saturated rings. The molecule has 746 valence electrons. The van der Waals surface area contributed by atoms with Crippen LogP contribution in [-0.4, -0.2) is 373 Å². The Balaban J connectivity index is -0.0000000983. The summed E-state index contributed by atoms with van der Waals surface area (Å²) in [4.78, 5) is 140. The van der Waals surface area contributed by atoms with Crippen molar-refractivity contribution in [2.75, 3.05) is 241 Å². The third kappa shape index (κ3) is 157. The normalized spacial score (nSPS) is 10.7. The molecule has 0 radical (unpaired) electrons. The number of nitrogens with zero attached hydrogens (tertiary/aromatic N) is 7. The number of hydroxylamine groups is 1. The number of thioether (sulfide) groups is 3. The number of nitrogens with one attached hydrogen (secondary N) is 5. The number of aliphatic hydroxyl groups is 3. The van der Waals surface area contributed by atoms with Crippen LogP contribution >= 0.6 is 35.3 Å². The number of morpholine rings is 1. The number of likely N-dealkylation sites (N-methyl/N-ethyl adjacent to an activating group) is 2. The van der Waals surface area contributed by atoms with Gasteiger partial charge in [-0.05, 0) is 112 Å². The molecule has 3 heterocycles. The van der Waals surface area contributed by atoms with Crippen LogP contribution in [0.15, 0.2) is 29.4 Å². The highest BCUT2D eigenvalue weighted by atomic mass is 32.2. The first kappa shape index (κ1) is 146. The molecule has 3 rings (SSSR count). The summed E-state index contributed by atoms with van der Waals surface area (Å²) in [6.45, 7) is 58.2. The molecule has 125 heavy (non-hydrogen) atoms. The summed E-state index contributed by atoms with van der Waals surface area (Å²) in [7, 11) is 6.99. The van der Waals surface area contributed by atoms with Crippen LogP contribution in [-0.2, 0) is 81.0 Å². The summed E-state index contributed by atoms with van der Waals surface area (Å²) in [5.41, 5.74) is 17.2. The molecule has 1 aromatic heterocycles. The van der Waals surface area contributed by atoms with Crippen molar-refractivity contribution in [3.05, 3.63) is 24.5 Å². The zero-order valence-corrected chi connectivity index (χ0v) is 83.7. The number of primary amides is 1. The Bertz CT molecular complexity index is 2490. The predicted molar refractivity (Wildman–Crippen MR) is 500 cm³/mol. The third-order valence-electron chi connectivity index (χ3n) is 12.8. The van der Waals surface area contributed by atoms with Crippen LogP contribution in [0.1, 0.15) is 179 Å². The number of hydrazine groups is 1. The first-order chi connectivity index (χ1) is 59.0. The molecule has 0 unspecified atom stereocenters. The lowest BCUT2D eigenvalue weighted by Crippen LogP contribution is -2.46. The fraction of sp³-hybridized carbons (Fsp3) is 0.790. The molecule has 0 bridgehead atoms. The van der Waals surface area contributed by atoms with E-state index < -0.39 is 17.8 Å². The van der Waals surface area contributed by atoms with Gasteiger partial charge in [-0.1, -0.05) is 68.2 Å².